The molecule has 4 aromatic rings. The second-order valence-electron chi connectivity index (χ2n) is 12.3. The van der Waals surface area contributed by atoms with Gasteiger partial charge in [0.2, 0.25) is 0 Å². The third kappa shape index (κ3) is 4.59. The van der Waals surface area contributed by atoms with Gasteiger partial charge < -0.3 is 10.6 Å². The first-order valence-electron chi connectivity index (χ1n) is 14.5. The lowest BCUT2D eigenvalue weighted by Crippen LogP contribution is -2.24. The molecule has 0 spiro atoms. The zero-order valence-electron chi connectivity index (χ0n) is 24.4. The molecule has 2 atom stereocenters. The van der Waals surface area contributed by atoms with E-state index in [9.17, 15) is 0 Å². The van der Waals surface area contributed by atoms with E-state index in [1.165, 1.54) is 55.5 Å². The molecule has 2 heteroatoms. The van der Waals surface area contributed by atoms with Crippen molar-refractivity contribution in [2.75, 3.05) is 10.6 Å². The number of hydrogen-bond donors (Lipinski definition) is 2. The van der Waals surface area contributed by atoms with Crippen LogP contribution in [-0.4, -0.2) is 0 Å². The summed E-state index contributed by atoms with van der Waals surface area (Å²) in [5.41, 5.74) is 11.0. The van der Waals surface area contributed by atoms with Gasteiger partial charge in [0.25, 0.3) is 0 Å². The van der Waals surface area contributed by atoms with Gasteiger partial charge >= 0.3 is 0 Å². The Bertz CT molecular complexity index is 1280. The summed E-state index contributed by atoms with van der Waals surface area (Å²) in [6.07, 6.45) is 0. The molecule has 0 fully saturated rings. The molecule has 0 aliphatic heterocycles. The highest BCUT2D eigenvalue weighted by Crippen LogP contribution is 2.49. The highest BCUT2D eigenvalue weighted by Gasteiger charge is 2.36. The van der Waals surface area contributed by atoms with E-state index in [0.717, 1.165) is 0 Å². The lowest BCUT2D eigenvalue weighted by Gasteiger charge is -2.32. The van der Waals surface area contributed by atoms with E-state index >= 15 is 0 Å². The van der Waals surface area contributed by atoms with Gasteiger partial charge in [0, 0.05) is 11.4 Å². The van der Waals surface area contributed by atoms with Crippen LogP contribution in [0.5, 0.6) is 0 Å². The molecule has 0 saturated carbocycles. The molecule has 4 aromatic carbocycles. The Kier molecular flexibility index (Phi) is 7.27. The second kappa shape index (κ2) is 10.5. The normalized spacial score (nSPS) is 16.8. The fraction of sp³-hybridized carbons (Fsp3) is 0.389. The summed E-state index contributed by atoms with van der Waals surface area (Å²) in [4.78, 5) is 0. The highest BCUT2D eigenvalue weighted by molar-refractivity contribution is 5.93. The maximum absolute atomic E-state index is 4.15. The Labute approximate surface area is 229 Å². The Morgan fingerprint density at radius 1 is 0.447 bits per heavy atom. The lowest BCUT2D eigenvalue weighted by atomic mass is 9.90. The van der Waals surface area contributed by atoms with Gasteiger partial charge in [0.15, 0.2) is 0 Å². The maximum Gasteiger partial charge on any atom is 0.0763 e. The van der Waals surface area contributed by atoms with Crippen molar-refractivity contribution in [2.24, 2.45) is 0 Å². The molecule has 5 rings (SSSR count). The van der Waals surface area contributed by atoms with Crippen LogP contribution in [0.4, 0.5) is 11.4 Å². The van der Waals surface area contributed by atoms with Crippen LogP contribution in [0.25, 0.3) is 10.8 Å². The fourth-order valence-corrected chi connectivity index (χ4v) is 6.35. The molecule has 2 N–H and O–H groups in total. The van der Waals surface area contributed by atoms with E-state index in [1.807, 2.05) is 0 Å². The van der Waals surface area contributed by atoms with Gasteiger partial charge in [-0.15, -0.1) is 0 Å². The van der Waals surface area contributed by atoms with Crippen molar-refractivity contribution in [1.29, 1.82) is 0 Å². The van der Waals surface area contributed by atoms with Gasteiger partial charge in [0.1, 0.15) is 0 Å². The molecule has 2 nitrogen and oxygen atoms in total. The monoisotopic (exact) mass is 504 g/mol. The minimum absolute atomic E-state index is 0.119. The van der Waals surface area contributed by atoms with Gasteiger partial charge in [-0.3, -0.25) is 0 Å². The lowest BCUT2D eigenvalue weighted by molar-refractivity contribution is 0.670. The number of nitrogens with one attached hydrogen (secondary N) is 2. The molecule has 0 radical (unpaired) electrons. The van der Waals surface area contributed by atoms with Crippen LogP contribution in [0, 0.1) is 0 Å². The minimum Gasteiger partial charge on any atom is -0.375 e. The summed E-state index contributed by atoms with van der Waals surface area (Å²) in [5, 5.41) is 11.0. The van der Waals surface area contributed by atoms with E-state index in [-0.39, 0.29) is 12.1 Å². The summed E-state index contributed by atoms with van der Waals surface area (Å²) in [6, 6.07) is 27.5. The van der Waals surface area contributed by atoms with Gasteiger partial charge in [-0.05, 0) is 67.8 Å². The first-order valence-corrected chi connectivity index (χ1v) is 14.5. The van der Waals surface area contributed by atoms with Crippen molar-refractivity contribution in [3.63, 3.8) is 0 Å². The molecule has 1 aliphatic carbocycles. The van der Waals surface area contributed by atoms with Crippen molar-refractivity contribution in [1.82, 2.24) is 0 Å². The summed E-state index contributed by atoms with van der Waals surface area (Å²) in [5.74, 6) is 1.76. The van der Waals surface area contributed by atoms with E-state index in [2.05, 4.69) is 139 Å². The zero-order chi connectivity index (χ0) is 27.1. The van der Waals surface area contributed by atoms with Crippen molar-refractivity contribution < 1.29 is 0 Å². The number of anilines is 2. The van der Waals surface area contributed by atoms with Crippen LogP contribution in [0.15, 0.2) is 72.8 Å². The van der Waals surface area contributed by atoms with Gasteiger partial charge in [0.05, 0.1) is 12.1 Å². The number of benzene rings is 4. The third-order valence-corrected chi connectivity index (χ3v) is 8.32. The molecule has 0 aromatic heterocycles. The predicted octanol–water partition coefficient (Wildman–Crippen LogP) is 10.7. The molecule has 0 amide bonds. The van der Waals surface area contributed by atoms with Crippen LogP contribution in [-0.2, 0) is 0 Å². The summed E-state index contributed by atoms with van der Waals surface area (Å²) in [6.45, 7) is 18.4. The topological polar surface area (TPSA) is 24.1 Å². The minimum atomic E-state index is 0.119. The molecule has 0 saturated heterocycles. The Balaban J connectivity index is 1.70. The van der Waals surface area contributed by atoms with Crippen LogP contribution in [0.3, 0.4) is 0 Å². The largest absolute Gasteiger partial charge is 0.375 e. The predicted molar refractivity (Wildman–Crippen MR) is 166 cm³/mol. The standard InChI is InChI=1S/C36H44N2/c1-21(2)26-15-11-16-27(22(3)4)33(26)37-35-30-19-9-13-25-14-10-20-31(32(25)30)36(35)38-34-28(23(5)6)17-12-18-29(34)24(7)8/h9-24,35-38H,1-8H3. The van der Waals surface area contributed by atoms with Crippen LogP contribution in [0.1, 0.15) is 125 Å². The highest BCUT2D eigenvalue weighted by atomic mass is 15.0. The van der Waals surface area contributed by atoms with Crippen LogP contribution in [0.2, 0.25) is 0 Å². The molecular weight excluding hydrogens is 460 g/mol. The molecule has 38 heavy (non-hydrogen) atoms. The van der Waals surface area contributed by atoms with E-state index in [1.54, 1.807) is 0 Å². The Morgan fingerprint density at radius 3 is 1.08 bits per heavy atom. The molecule has 2 unspecified atom stereocenters. The first kappa shape index (κ1) is 26.4. The molecule has 198 valence electrons. The summed E-state index contributed by atoms with van der Waals surface area (Å²) < 4.78 is 0. The Hall–Kier alpha value is -3.26. The average Bonchev–Trinajstić information content (AvgIpc) is 3.17. The van der Waals surface area contributed by atoms with E-state index in [4.69, 9.17) is 0 Å². The fourth-order valence-electron chi connectivity index (χ4n) is 6.35. The Morgan fingerprint density at radius 2 is 0.763 bits per heavy atom. The average molecular weight is 505 g/mol. The summed E-state index contributed by atoms with van der Waals surface area (Å²) >= 11 is 0. The van der Waals surface area contributed by atoms with Gasteiger partial charge in [-0.25, -0.2) is 0 Å². The second-order valence-corrected chi connectivity index (χ2v) is 12.3. The van der Waals surface area contributed by atoms with E-state index < -0.39 is 0 Å². The summed E-state index contributed by atoms with van der Waals surface area (Å²) in [7, 11) is 0. The molecular formula is C36H44N2. The van der Waals surface area contributed by atoms with Crippen LogP contribution >= 0.6 is 0 Å². The number of hydrogen-bond acceptors (Lipinski definition) is 2. The SMILES string of the molecule is CC(C)c1cccc(C(C)C)c1NC1c2cccc3cccc(c23)C1Nc1c(C(C)C)cccc1C(C)C. The molecule has 1 aliphatic rings. The van der Waals surface area contributed by atoms with Crippen molar-refractivity contribution in [3.8, 4) is 0 Å². The third-order valence-electron chi connectivity index (χ3n) is 8.32. The maximum atomic E-state index is 4.15. The first-order chi connectivity index (χ1) is 18.2. The number of para-hydroxylation sites is 2. The zero-order valence-corrected chi connectivity index (χ0v) is 24.4. The van der Waals surface area contributed by atoms with Gasteiger partial charge in [-0.2, -0.15) is 0 Å². The number of rotatable bonds is 8. The quantitative estimate of drug-likeness (QED) is 0.249. The van der Waals surface area contributed by atoms with Crippen molar-refractivity contribution >= 4 is 22.1 Å². The van der Waals surface area contributed by atoms with Gasteiger partial charge in [-0.1, -0.05) is 128 Å². The van der Waals surface area contributed by atoms with Crippen LogP contribution < -0.4 is 10.6 Å². The molecule has 0 bridgehead atoms. The van der Waals surface area contributed by atoms with E-state index in [0.29, 0.717) is 23.7 Å². The molecule has 0 heterocycles. The van der Waals surface area contributed by atoms with Crippen molar-refractivity contribution in [3.05, 3.63) is 106 Å². The van der Waals surface area contributed by atoms with Crippen molar-refractivity contribution in [2.45, 2.75) is 91.1 Å². The smallest absolute Gasteiger partial charge is 0.0763 e.